The lowest BCUT2D eigenvalue weighted by Gasteiger charge is -2.38. The summed E-state index contributed by atoms with van der Waals surface area (Å²) in [4.78, 5) is 26.5. The molecule has 0 radical (unpaired) electrons. The fourth-order valence-electron chi connectivity index (χ4n) is 2.86. The normalized spacial score (nSPS) is 21.5. The highest BCUT2D eigenvalue weighted by molar-refractivity contribution is 5.88. The van der Waals surface area contributed by atoms with Gasteiger partial charge in [0.05, 0.1) is 11.1 Å². The number of aldehydes is 1. The van der Waals surface area contributed by atoms with Crippen molar-refractivity contribution in [3.05, 3.63) is 29.8 Å². The zero-order valence-electron chi connectivity index (χ0n) is 11.3. The minimum Gasteiger partial charge on any atom is -0.478 e. The maximum Gasteiger partial charge on any atom is 0.335 e. The van der Waals surface area contributed by atoms with E-state index in [0.717, 1.165) is 51.0 Å². The van der Waals surface area contributed by atoms with Gasteiger partial charge in [-0.25, -0.2) is 4.79 Å². The minimum absolute atomic E-state index is 0.167. The molecule has 0 amide bonds. The van der Waals surface area contributed by atoms with E-state index in [1.807, 2.05) is 12.1 Å². The van der Waals surface area contributed by atoms with Crippen molar-refractivity contribution in [2.24, 2.45) is 0 Å². The fraction of sp³-hybridized carbons (Fsp3) is 0.467. The molecular formula is C15H18N2O3. The summed E-state index contributed by atoms with van der Waals surface area (Å²) in [5.74, 6) is -0.900. The second-order valence-corrected chi connectivity index (χ2v) is 5.55. The second kappa shape index (κ2) is 4.90. The van der Waals surface area contributed by atoms with Gasteiger partial charge in [-0.05, 0) is 37.1 Å². The fourth-order valence-corrected chi connectivity index (χ4v) is 2.86. The van der Waals surface area contributed by atoms with Gasteiger partial charge in [0.2, 0.25) is 0 Å². The van der Waals surface area contributed by atoms with Crippen LogP contribution in [0.4, 0.5) is 5.69 Å². The van der Waals surface area contributed by atoms with Crippen LogP contribution in [0.2, 0.25) is 0 Å². The van der Waals surface area contributed by atoms with Gasteiger partial charge in [0, 0.05) is 31.9 Å². The summed E-state index contributed by atoms with van der Waals surface area (Å²) < 4.78 is 0. The van der Waals surface area contributed by atoms with Gasteiger partial charge in [-0.2, -0.15) is 0 Å². The maximum atomic E-state index is 11.1. The molecular weight excluding hydrogens is 256 g/mol. The number of aromatic carboxylic acids is 1. The first-order chi connectivity index (χ1) is 9.64. The van der Waals surface area contributed by atoms with E-state index >= 15 is 0 Å². The van der Waals surface area contributed by atoms with Crippen LogP contribution in [0, 0.1) is 0 Å². The molecule has 1 aromatic carbocycles. The van der Waals surface area contributed by atoms with E-state index in [-0.39, 0.29) is 5.54 Å². The Kier molecular flexibility index (Phi) is 3.22. The molecule has 5 nitrogen and oxygen atoms in total. The van der Waals surface area contributed by atoms with E-state index in [1.54, 1.807) is 12.1 Å². The van der Waals surface area contributed by atoms with Gasteiger partial charge >= 0.3 is 5.97 Å². The zero-order valence-corrected chi connectivity index (χ0v) is 11.3. The molecule has 1 N–H and O–H groups in total. The Morgan fingerprint density at radius 2 is 1.70 bits per heavy atom. The smallest absolute Gasteiger partial charge is 0.335 e. The lowest BCUT2D eigenvalue weighted by Crippen LogP contribution is -2.52. The van der Waals surface area contributed by atoms with Crippen LogP contribution in [0.1, 0.15) is 23.2 Å². The molecule has 1 aliphatic heterocycles. The summed E-state index contributed by atoms with van der Waals surface area (Å²) in [6.45, 7) is 3.53. The Morgan fingerprint density at radius 1 is 1.10 bits per heavy atom. The Bertz CT molecular complexity index is 514. The largest absolute Gasteiger partial charge is 0.478 e. The van der Waals surface area contributed by atoms with Gasteiger partial charge in [0.15, 0.2) is 0 Å². The number of nitrogens with zero attached hydrogens (tertiary/aromatic N) is 2. The van der Waals surface area contributed by atoms with Crippen LogP contribution in [-0.2, 0) is 4.79 Å². The molecule has 1 aromatic rings. The summed E-state index contributed by atoms with van der Waals surface area (Å²) in [6, 6.07) is 6.98. The number of piperazine rings is 1. The van der Waals surface area contributed by atoms with Crippen LogP contribution < -0.4 is 4.90 Å². The standard InChI is InChI=1S/C15H18N2O3/c18-11-15(5-6-15)17-9-7-16(8-10-17)13-3-1-12(2-4-13)14(19)20/h1-4,11H,5-10H2,(H,19,20). The van der Waals surface area contributed by atoms with E-state index in [0.29, 0.717) is 5.56 Å². The van der Waals surface area contributed by atoms with Crippen molar-refractivity contribution in [3.63, 3.8) is 0 Å². The summed E-state index contributed by atoms with van der Waals surface area (Å²) in [6.07, 6.45) is 3.08. The van der Waals surface area contributed by atoms with Crippen LogP contribution in [0.5, 0.6) is 0 Å². The quantitative estimate of drug-likeness (QED) is 0.837. The van der Waals surface area contributed by atoms with E-state index in [4.69, 9.17) is 5.11 Å². The van der Waals surface area contributed by atoms with Crippen molar-refractivity contribution in [2.45, 2.75) is 18.4 Å². The average molecular weight is 274 g/mol. The van der Waals surface area contributed by atoms with Crippen LogP contribution in [0.25, 0.3) is 0 Å². The molecule has 3 rings (SSSR count). The highest BCUT2D eigenvalue weighted by Crippen LogP contribution is 2.40. The first-order valence-electron chi connectivity index (χ1n) is 6.94. The van der Waals surface area contributed by atoms with Crippen LogP contribution >= 0.6 is 0 Å². The molecule has 2 aliphatic rings. The van der Waals surface area contributed by atoms with E-state index in [2.05, 4.69) is 9.80 Å². The van der Waals surface area contributed by atoms with E-state index < -0.39 is 5.97 Å². The van der Waals surface area contributed by atoms with E-state index in [9.17, 15) is 9.59 Å². The average Bonchev–Trinajstić information content (AvgIpc) is 3.29. The third-order valence-corrected chi connectivity index (χ3v) is 4.37. The number of carboxylic acid groups (broad SMARTS) is 1. The van der Waals surface area contributed by atoms with Crippen LogP contribution in [0.3, 0.4) is 0 Å². The van der Waals surface area contributed by atoms with Crippen molar-refractivity contribution >= 4 is 17.9 Å². The Labute approximate surface area is 117 Å². The van der Waals surface area contributed by atoms with Gasteiger partial charge in [-0.1, -0.05) is 0 Å². The van der Waals surface area contributed by atoms with Gasteiger partial charge in [0.25, 0.3) is 0 Å². The SMILES string of the molecule is O=CC1(N2CCN(c3ccc(C(=O)O)cc3)CC2)CC1. The number of benzene rings is 1. The summed E-state index contributed by atoms with van der Waals surface area (Å²) >= 11 is 0. The summed E-state index contributed by atoms with van der Waals surface area (Å²) in [5, 5.41) is 8.89. The minimum atomic E-state index is -0.900. The monoisotopic (exact) mass is 274 g/mol. The molecule has 5 heteroatoms. The first-order valence-corrected chi connectivity index (χ1v) is 6.94. The molecule has 2 fully saturated rings. The van der Waals surface area contributed by atoms with Crippen molar-refractivity contribution < 1.29 is 14.7 Å². The van der Waals surface area contributed by atoms with Gasteiger partial charge in [0.1, 0.15) is 6.29 Å². The molecule has 1 aliphatic carbocycles. The van der Waals surface area contributed by atoms with Gasteiger partial charge in [-0.3, -0.25) is 4.90 Å². The van der Waals surface area contributed by atoms with Crippen molar-refractivity contribution in [1.29, 1.82) is 0 Å². The van der Waals surface area contributed by atoms with Crippen molar-refractivity contribution in [1.82, 2.24) is 4.90 Å². The summed E-state index contributed by atoms with van der Waals surface area (Å²) in [5.41, 5.74) is 1.19. The number of anilines is 1. The number of carboxylic acids is 1. The number of hydrogen-bond donors (Lipinski definition) is 1. The highest BCUT2D eigenvalue weighted by atomic mass is 16.4. The van der Waals surface area contributed by atoms with Crippen molar-refractivity contribution in [2.75, 3.05) is 31.1 Å². The second-order valence-electron chi connectivity index (χ2n) is 5.55. The molecule has 106 valence electrons. The predicted molar refractivity (Wildman–Crippen MR) is 75.2 cm³/mol. The molecule has 1 saturated heterocycles. The first kappa shape index (κ1) is 13.1. The van der Waals surface area contributed by atoms with Crippen LogP contribution in [0.15, 0.2) is 24.3 Å². The molecule has 1 saturated carbocycles. The number of hydrogen-bond acceptors (Lipinski definition) is 4. The number of rotatable bonds is 4. The molecule has 0 atom stereocenters. The predicted octanol–water partition coefficient (Wildman–Crippen LogP) is 1.24. The van der Waals surface area contributed by atoms with Gasteiger partial charge in [-0.15, -0.1) is 0 Å². The van der Waals surface area contributed by atoms with Gasteiger partial charge < -0.3 is 14.8 Å². The lowest BCUT2D eigenvalue weighted by molar-refractivity contribution is -0.113. The molecule has 0 spiro atoms. The topological polar surface area (TPSA) is 60.9 Å². The molecule has 0 bridgehead atoms. The number of carbonyl (C=O) groups is 2. The lowest BCUT2D eigenvalue weighted by atomic mass is 10.1. The molecule has 1 heterocycles. The van der Waals surface area contributed by atoms with Crippen LogP contribution in [-0.4, -0.2) is 54.0 Å². The highest BCUT2D eigenvalue weighted by Gasteiger charge is 2.48. The Balaban J connectivity index is 1.63. The molecule has 0 aromatic heterocycles. The maximum absolute atomic E-state index is 11.1. The van der Waals surface area contributed by atoms with E-state index in [1.165, 1.54) is 0 Å². The molecule has 0 unspecified atom stereocenters. The zero-order chi connectivity index (χ0) is 14.2. The van der Waals surface area contributed by atoms with Crippen molar-refractivity contribution in [3.8, 4) is 0 Å². The Hall–Kier alpha value is -1.88. The Morgan fingerprint density at radius 3 is 2.15 bits per heavy atom. The molecule has 20 heavy (non-hydrogen) atoms. The number of carbonyl (C=O) groups excluding carboxylic acids is 1. The third kappa shape index (κ3) is 2.29. The third-order valence-electron chi connectivity index (χ3n) is 4.37. The summed E-state index contributed by atoms with van der Waals surface area (Å²) in [7, 11) is 0.